The van der Waals surface area contributed by atoms with Crippen LogP contribution >= 0.6 is 0 Å². The minimum atomic E-state index is -2.30. The molecule has 0 aliphatic rings. The van der Waals surface area contributed by atoms with Crippen LogP contribution in [0.25, 0.3) is 0 Å². The molecule has 0 fully saturated rings. The van der Waals surface area contributed by atoms with E-state index < -0.39 is 8.41 Å². The first-order valence-corrected chi connectivity index (χ1v) is 11.9. The molecule has 2 nitrogen and oxygen atoms in total. The van der Waals surface area contributed by atoms with Gasteiger partial charge in [0.1, 0.15) is 0 Å². The smallest absolute Gasteiger partial charge is 0.333 e. The molecule has 130 valence electrons. The lowest BCUT2D eigenvalue weighted by atomic mass is 10.1. The summed E-state index contributed by atoms with van der Waals surface area (Å²) in [5.74, 6) is -0.279. The standard InChI is InChI=1S/C18H35FO2Si/c1-17(2)18(20)21-15-13-11-9-7-5-6-8-10-12-14-16-22(3,4)19/h1,5-16H2,2-4H3. The first kappa shape index (κ1) is 21.4. The summed E-state index contributed by atoms with van der Waals surface area (Å²) in [6.07, 6.45) is 11.9. The summed E-state index contributed by atoms with van der Waals surface area (Å²) < 4.78 is 18.4. The Bertz CT molecular complexity index is 311. The van der Waals surface area contributed by atoms with Crippen molar-refractivity contribution in [3.63, 3.8) is 0 Å². The van der Waals surface area contributed by atoms with Crippen LogP contribution in [-0.2, 0) is 9.53 Å². The first-order chi connectivity index (χ1) is 10.3. The Hall–Kier alpha value is -0.643. The zero-order chi connectivity index (χ0) is 16.8. The van der Waals surface area contributed by atoms with Crippen LogP contribution in [0.2, 0.25) is 19.1 Å². The van der Waals surface area contributed by atoms with Crippen LogP contribution in [0.5, 0.6) is 0 Å². The van der Waals surface area contributed by atoms with Gasteiger partial charge in [0, 0.05) is 5.57 Å². The van der Waals surface area contributed by atoms with Crippen molar-refractivity contribution in [1.82, 2.24) is 0 Å². The molecule has 0 atom stereocenters. The molecule has 0 radical (unpaired) electrons. The first-order valence-electron chi connectivity index (χ1n) is 8.84. The number of carbonyl (C=O) groups is 1. The average molecular weight is 331 g/mol. The second-order valence-corrected chi connectivity index (χ2v) is 10.9. The van der Waals surface area contributed by atoms with E-state index in [1.165, 1.54) is 44.9 Å². The third-order valence-corrected chi connectivity index (χ3v) is 5.29. The summed E-state index contributed by atoms with van der Waals surface area (Å²) in [6.45, 7) is 9.33. The predicted octanol–water partition coefficient (Wildman–Crippen LogP) is 6.18. The molecule has 0 aromatic carbocycles. The van der Waals surface area contributed by atoms with Crippen molar-refractivity contribution < 1.29 is 13.6 Å². The Balaban J connectivity index is 3.15. The lowest BCUT2D eigenvalue weighted by Gasteiger charge is -2.09. The fraction of sp³-hybridized carbons (Fsp3) is 0.833. The fourth-order valence-corrected chi connectivity index (χ4v) is 3.44. The average Bonchev–Trinajstić information content (AvgIpc) is 2.42. The van der Waals surface area contributed by atoms with Crippen molar-refractivity contribution >= 4 is 14.4 Å². The van der Waals surface area contributed by atoms with Crippen LogP contribution in [0.4, 0.5) is 4.11 Å². The van der Waals surface area contributed by atoms with Crippen molar-refractivity contribution in [2.24, 2.45) is 0 Å². The number of hydrogen-bond acceptors (Lipinski definition) is 2. The number of unbranched alkanes of at least 4 members (excludes halogenated alkanes) is 9. The van der Waals surface area contributed by atoms with E-state index in [-0.39, 0.29) is 5.97 Å². The monoisotopic (exact) mass is 330 g/mol. The summed E-state index contributed by atoms with van der Waals surface area (Å²) in [4.78, 5) is 11.1. The highest BCUT2D eigenvalue weighted by atomic mass is 28.4. The van der Waals surface area contributed by atoms with Crippen LogP contribution in [0, 0.1) is 0 Å². The molecule has 0 saturated heterocycles. The highest BCUT2D eigenvalue weighted by molar-refractivity contribution is 6.70. The molecule has 0 aromatic rings. The van der Waals surface area contributed by atoms with Crippen molar-refractivity contribution in [2.45, 2.75) is 90.3 Å². The normalized spacial score (nSPS) is 11.5. The summed E-state index contributed by atoms with van der Waals surface area (Å²) in [7, 11) is -2.30. The van der Waals surface area contributed by atoms with E-state index >= 15 is 0 Å². The van der Waals surface area contributed by atoms with Gasteiger partial charge in [-0.15, -0.1) is 0 Å². The SMILES string of the molecule is C=C(C)C(=O)OCCCCCCCCCCCC[Si](C)(C)F. The van der Waals surface area contributed by atoms with E-state index in [2.05, 4.69) is 6.58 Å². The number of halogens is 1. The van der Waals surface area contributed by atoms with Gasteiger partial charge in [0.15, 0.2) is 0 Å². The molecule has 0 aliphatic heterocycles. The minimum Gasteiger partial charge on any atom is -0.462 e. The van der Waals surface area contributed by atoms with E-state index in [9.17, 15) is 8.90 Å². The van der Waals surface area contributed by atoms with Crippen molar-refractivity contribution in [2.75, 3.05) is 6.61 Å². The van der Waals surface area contributed by atoms with Gasteiger partial charge in [0.25, 0.3) is 0 Å². The molecule has 4 heteroatoms. The molecule has 22 heavy (non-hydrogen) atoms. The van der Waals surface area contributed by atoms with E-state index in [4.69, 9.17) is 4.74 Å². The second kappa shape index (κ2) is 12.9. The van der Waals surface area contributed by atoms with Gasteiger partial charge < -0.3 is 8.84 Å². The Morgan fingerprint density at radius 1 is 0.909 bits per heavy atom. The predicted molar refractivity (Wildman–Crippen MR) is 95.3 cm³/mol. The lowest BCUT2D eigenvalue weighted by molar-refractivity contribution is -0.139. The Labute approximate surface area is 137 Å². The van der Waals surface area contributed by atoms with Crippen LogP contribution in [-0.4, -0.2) is 21.0 Å². The molecule has 0 amide bonds. The van der Waals surface area contributed by atoms with Gasteiger partial charge in [-0.1, -0.05) is 64.4 Å². The Kier molecular flexibility index (Phi) is 12.5. The third kappa shape index (κ3) is 15.7. The maximum absolute atomic E-state index is 13.4. The van der Waals surface area contributed by atoms with Gasteiger partial charge in [0.05, 0.1) is 6.61 Å². The number of ether oxygens (including phenoxy) is 1. The minimum absolute atomic E-state index is 0.279. The second-order valence-electron chi connectivity index (χ2n) is 6.92. The largest absolute Gasteiger partial charge is 0.462 e. The maximum atomic E-state index is 13.4. The van der Waals surface area contributed by atoms with Crippen molar-refractivity contribution in [3.8, 4) is 0 Å². The Morgan fingerprint density at radius 2 is 1.32 bits per heavy atom. The molecule has 0 aliphatic carbocycles. The van der Waals surface area contributed by atoms with Gasteiger partial charge in [-0.25, -0.2) is 4.79 Å². The molecule has 0 unspecified atom stereocenters. The Morgan fingerprint density at radius 3 is 1.73 bits per heavy atom. The van der Waals surface area contributed by atoms with Crippen LogP contribution < -0.4 is 0 Å². The molecule has 0 saturated carbocycles. The van der Waals surface area contributed by atoms with Crippen molar-refractivity contribution in [1.29, 1.82) is 0 Å². The van der Waals surface area contributed by atoms with Gasteiger partial charge >= 0.3 is 5.97 Å². The zero-order valence-electron chi connectivity index (χ0n) is 14.9. The molecule has 0 aromatic heterocycles. The summed E-state index contributed by atoms with van der Waals surface area (Å²) in [5.41, 5.74) is 0.470. The molecule has 0 bridgehead atoms. The van der Waals surface area contributed by atoms with E-state index in [1.54, 1.807) is 20.0 Å². The number of carbonyl (C=O) groups excluding carboxylic acids is 1. The van der Waals surface area contributed by atoms with Crippen molar-refractivity contribution in [3.05, 3.63) is 12.2 Å². The molecule has 0 rings (SSSR count). The lowest BCUT2D eigenvalue weighted by Crippen LogP contribution is -2.16. The molecular formula is C18H35FO2Si. The number of rotatable bonds is 14. The third-order valence-electron chi connectivity index (χ3n) is 3.75. The van der Waals surface area contributed by atoms with E-state index in [0.29, 0.717) is 12.2 Å². The summed E-state index contributed by atoms with van der Waals surface area (Å²) in [5, 5.41) is 0. The molecular weight excluding hydrogens is 295 g/mol. The quantitative estimate of drug-likeness (QED) is 0.125. The van der Waals surface area contributed by atoms with Crippen LogP contribution in [0.3, 0.4) is 0 Å². The molecule has 0 spiro atoms. The number of hydrogen-bond donors (Lipinski definition) is 0. The van der Waals surface area contributed by atoms with Crippen LogP contribution in [0.15, 0.2) is 12.2 Å². The zero-order valence-corrected chi connectivity index (χ0v) is 15.9. The van der Waals surface area contributed by atoms with E-state index in [1.807, 2.05) is 0 Å². The fourth-order valence-electron chi connectivity index (χ4n) is 2.35. The summed E-state index contributed by atoms with van der Waals surface area (Å²) >= 11 is 0. The van der Waals surface area contributed by atoms with Gasteiger partial charge in [-0.2, -0.15) is 0 Å². The number of esters is 1. The highest BCUT2D eigenvalue weighted by Gasteiger charge is 2.18. The highest BCUT2D eigenvalue weighted by Crippen LogP contribution is 2.17. The molecule has 0 heterocycles. The topological polar surface area (TPSA) is 26.3 Å². The summed E-state index contributed by atoms with van der Waals surface area (Å²) in [6, 6.07) is 0.822. The van der Waals surface area contributed by atoms with Gasteiger partial charge in [-0.3, -0.25) is 0 Å². The molecule has 0 N–H and O–H groups in total. The maximum Gasteiger partial charge on any atom is 0.333 e. The van der Waals surface area contributed by atoms with E-state index in [0.717, 1.165) is 25.3 Å². The van der Waals surface area contributed by atoms with Crippen LogP contribution in [0.1, 0.15) is 71.1 Å². The van der Waals surface area contributed by atoms with Gasteiger partial charge in [-0.05, 0) is 32.5 Å². The van der Waals surface area contributed by atoms with Gasteiger partial charge in [0.2, 0.25) is 8.41 Å².